The van der Waals surface area contributed by atoms with Gasteiger partial charge in [0.15, 0.2) is 0 Å². The van der Waals surface area contributed by atoms with Crippen molar-refractivity contribution in [2.24, 2.45) is 7.05 Å². The van der Waals surface area contributed by atoms with E-state index in [4.69, 9.17) is 4.74 Å². The highest BCUT2D eigenvalue weighted by molar-refractivity contribution is 5.95. The lowest BCUT2D eigenvalue weighted by Gasteiger charge is -2.23. The molecule has 27 heavy (non-hydrogen) atoms. The van der Waals surface area contributed by atoms with Gasteiger partial charge in [-0.05, 0) is 44.2 Å². The molecule has 2 aromatic rings. The normalized spacial score (nSPS) is 19.4. The molecule has 2 fully saturated rings. The summed E-state index contributed by atoms with van der Waals surface area (Å²) in [5, 5.41) is 0. The third-order valence-electron chi connectivity index (χ3n) is 5.49. The first kappa shape index (κ1) is 18.0. The highest BCUT2D eigenvalue weighted by Crippen LogP contribution is 2.29. The number of carbonyl (C=O) groups is 1. The van der Waals surface area contributed by atoms with E-state index < -0.39 is 0 Å². The Morgan fingerprint density at radius 2 is 2.15 bits per heavy atom. The van der Waals surface area contributed by atoms with Crippen molar-refractivity contribution in [3.05, 3.63) is 52.0 Å². The van der Waals surface area contributed by atoms with E-state index >= 15 is 0 Å². The Morgan fingerprint density at radius 1 is 1.33 bits per heavy atom. The second-order valence-corrected chi connectivity index (χ2v) is 7.58. The molecule has 1 saturated carbocycles. The molecule has 3 heterocycles. The molecule has 0 spiro atoms. The molecule has 1 aliphatic heterocycles. The van der Waals surface area contributed by atoms with Crippen molar-refractivity contribution in [2.75, 3.05) is 6.61 Å². The Bertz CT molecular complexity index is 891. The number of aromatic nitrogens is 3. The highest BCUT2D eigenvalue weighted by Gasteiger charge is 2.35. The molecule has 1 amide bonds. The predicted octanol–water partition coefficient (Wildman–Crippen LogP) is 1.87. The van der Waals surface area contributed by atoms with Gasteiger partial charge in [-0.3, -0.25) is 9.59 Å². The molecule has 1 unspecified atom stereocenters. The van der Waals surface area contributed by atoms with Gasteiger partial charge in [-0.2, -0.15) is 0 Å². The second kappa shape index (κ2) is 7.31. The van der Waals surface area contributed by atoms with Crippen LogP contribution in [0.3, 0.4) is 0 Å². The van der Waals surface area contributed by atoms with Gasteiger partial charge in [0.2, 0.25) is 0 Å². The average Bonchev–Trinajstić information content (AvgIpc) is 3.19. The van der Waals surface area contributed by atoms with E-state index in [1.54, 1.807) is 17.0 Å². The Balaban J connectivity index is 1.63. The van der Waals surface area contributed by atoms with Crippen LogP contribution in [0.4, 0.5) is 0 Å². The zero-order valence-corrected chi connectivity index (χ0v) is 15.9. The quantitative estimate of drug-likeness (QED) is 0.778. The van der Waals surface area contributed by atoms with E-state index in [1.165, 1.54) is 0 Å². The first-order valence-electron chi connectivity index (χ1n) is 9.63. The maximum atomic E-state index is 13.3. The molecule has 7 heteroatoms. The Labute approximate surface area is 158 Å². The summed E-state index contributed by atoms with van der Waals surface area (Å²) < 4.78 is 9.20. The Morgan fingerprint density at radius 3 is 2.78 bits per heavy atom. The minimum absolute atomic E-state index is 0.0560. The zero-order valence-electron chi connectivity index (χ0n) is 15.9. The van der Waals surface area contributed by atoms with Crippen LogP contribution in [0, 0.1) is 6.92 Å². The lowest BCUT2D eigenvalue weighted by Crippen LogP contribution is -2.39. The predicted molar refractivity (Wildman–Crippen MR) is 101 cm³/mol. The van der Waals surface area contributed by atoms with Gasteiger partial charge in [0.05, 0.1) is 19.2 Å². The molecule has 4 rings (SSSR count). The van der Waals surface area contributed by atoms with Crippen LogP contribution in [-0.4, -0.2) is 43.7 Å². The van der Waals surface area contributed by atoms with Crippen molar-refractivity contribution in [2.45, 2.75) is 57.8 Å². The lowest BCUT2D eigenvalue weighted by atomic mass is 10.1. The van der Waals surface area contributed by atoms with Crippen molar-refractivity contribution in [3.63, 3.8) is 0 Å². The molecule has 0 radical (unpaired) electrons. The first-order chi connectivity index (χ1) is 13.0. The Kier molecular flexibility index (Phi) is 4.86. The third kappa shape index (κ3) is 3.69. The fourth-order valence-corrected chi connectivity index (χ4v) is 3.67. The van der Waals surface area contributed by atoms with Crippen molar-refractivity contribution >= 4 is 5.91 Å². The molecule has 1 aliphatic carbocycles. The van der Waals surface area contributed by atoms with Gasteiger partial charge in [-0.1, -0.05) is 0 Å². The molecular weight excluding hydrogens is 344 g/mol. The number of carbonyl (C=O) groups excluding carboxylic acids is 1. The summed E-state index contributed by atoms with van der Waals surface area (Å²) in [6.07, 6.45) is 9.36. The van der Waals surface area contributed by atoms with Crippen molar-refractivity contribution < 1.29 is 9.53 Å². The van der Waals surface area contributed by atoms with Crippen LogP contribution in [0.2, 0.25) is 0 Å². The number of rotatable bonds is 6. The van der Waals surface area contributed by atoms with Gasteiger partial charge in [0.25, 0.3) is 11.5 Å². The molecule has 0 aromatic carbocycles. The smallest absolute Gasteiger partial charge is 0.263 e. The van der Waals surface area contributed by atoms with E-state index in [2.05, 4.69) is 4.98 Å². The number of aryl methyl sites for hydroxylation is 2. The summed E-state index contributed by atoms with van der Waals surface area (Å²) in [6.45, 7) is 3.50. The average molecular weight is 370 g/mol. The van der Waals surface area contributed by atoms with E-state index in [-0.39, 0.29) is 29.2 Å². The molecule has 0 N–H and O–H groups in total. The molecule has 144 valence electrons. The van der Waals surface area contributed by atoms with Crippen LogP contribution in [0.15, 0.2) is 29.5 Å². The topological polar surface area (TPSA) is 69.4 Å². The minimum atomic E-state index is -0.221. The summed E-state index contributed by atoms with van der Waals surface area (Å²) in [6, 6.07) is 2.05. The minimum Gasteiger partial charge on any atom is -0.376 e. The molecule has 1 atom stereocenters. The van der Waals surface area contributed by atoms with E-state index in [0.29, 0.717) is 13.1 Å². The highest BCUT2D eigenvalue weighted by atomic mass is 16.5. The van der Waals surface area contributed by atoms with Crippen LogP contribution in [0.1, 0.15) is 47.4 Å². The number of pyridine rings is 1. The number of amides is 1. The fraction of sp³-hybridized carbons (Fsp3) is 0.550. The van der Waals surface area contributed by atoms with E-state index in [1.807, 2.05) is 35.7 Å². The van der Waals surface area contributed by atoms with Gasteiger partial charge in [0, 0.05) is 38.3 Å². The van der Waals surface area contributed by atoms with Gasteiger partial charge in [-0.25, -0.2) is 4.98 Å². The van der Waals surface area contributed by atoms with Gasteiger partial charge < -0.3 is 18.8 Å². The number of hydrogen-bond acceptors (Lipinski definition) is 4. The monoisotopic (exact) mass is 370 g/mol. The number of hydrogen-bond donors (Lipinski definition) is 0. The number of ether oxygens (including phenoxy) is 1. The fourth-order valence-electron chi connectivity index (χ4n) is 3.67. The van der Waals surface area contributed by atoms with E-state index in [0.717, 1.165) is 43.7 Å². The SMILES string of the molecule is Cc1ccn(CC2CCCO2)c(=O)c1C(=O)N(Cc1nccn1C)C1CC1. The molecular formula is C20H26N4O3. The molecule has 7 nitrogen and oxygen atoms in total. The summed E-state index contributed by atoms with van der Waals surface area (Å²) in [5.74, 6) is 0.633. The second-order valence-electron chi connectivity index (χ2n) is 7.58. The summed E-state index contributed by atoms with van der Waals surface area (Å²) in [4.78, 5) is 32.6. The summed E-state index contributed by atoms with van der Waals surface area (Å²) >= 11 is 0. The van der Waals surface area contributed by atoms with Crippen molar-refractivity contribution in [3.8, 4) is 0 Å². The summed E-state index contributed by atoms with van der Waals surface area (Å²) in [5.41, 5.74) is 0.775. The molecule has 2 aromatic heterocycles. The van der Waals surface area contributed by atoms with Crippen LogP contribution < -0.4 is 5.56 Å². The molecule has 1 saturated heterocycles. The third-order valence-corrected chi connectivity index (χ3v) is 5.49. The summed E-state index contributed by atoms with van der Waals surface area (Å²) in [7, 11) is 1.92. The van der Waals surface area contributed by atoms with Crippen molar-refractivity contribution in [1.82, 2.24) is 19.0 Å². The number of nitrogens with zero attached hydrogens (tertiary/aromatic N) is 4. The van der Waals surface area contributed by atoms with Gasteiger partial charge in [-0.15, -0.1) is 0 Å². The van der Waals surface area contributed by atoms with Crippen LogP contribution in [-0.2, 0) is 24.9 Å². The van der Waals surface area contributed by atoms with E-state index in [9.17, 15) is 9.59 Å². The zero-order chi connectivity index (χ0) is 19.0. The molecule has 2 aliphatic rings. The standard InChI is InChI=1S/C20H26N4O3/c1-14-7-9-23(12-16-4-3-11-27-16)19(25)18(14)20(26)24(15-5-6-15)13-17-21-8-10-22(17)2/h7-10,15-16H,3-6,11-13H2,1-2H3. The molecule has 0 bridgehead atoms. The maximum Gasteiger partial charge on any atom is 0.263 e. The number of imidazole rings is 1. The maximum absolute atomic E-state index is 13.3. The van der Waals surface area contributed by atoms with Crippen LogP contribution in [0.5, 0.6) is 0 Å². The van der Waals surface area contributed by atoms with Gasteiger partial charge in [0.1, 0.15) is 11.4 Å². The van der Waals surface area contributed by atoms with Gasteiger partial charge >= 0.3 is 0 Å². The van der Waals surface area contributed by atoms with Crippen molar-refractivity contribution in [1.29, 1.82) is 0 Å². The first-order valence-corrected chi connectivity index (χ1v) is 9.63. The lowest BCUT2D eigenvalue weighted by molar-refractivity contribution is 0.0717. The van der Waals surface area contributed by atoms with Crippen LogP contribution >= 0.6 is 0 Å². The van der Waals surface area contributed by atoms with Crippen LogP contribution in [0.25, 0.3) is 0 Å². The Hall–Kier alpha value is -2.41. The largest absolute Gasteiger partial charge is 0.376 e.